The van der Waals surface area contributed by atoms with Gasteiger partial charge in [-0.3, -0.25) is 0 Å². The number of carboxylic acid groups (broad SMARTS) is 1. The van der Waals surface area contributed by atoms with Crippen molar-refractivity contribution in [3.05, 3.63) is 41.0 Å². The molecule has 1 spiro atoms. The molecule has 0 aromatic heterocycles. The van der Waals surface area contributed by atoms with E-state index in [1.54, 1.807) is 0 Å². The maximum absolute atomic E-state index is 11.0. The average molecular weight is 243 g/mol. The Labute approximate surface area is 107 Å². The lowest BCUT2D eigenvalue weighted by Gasteiger charge is -2.40. The van der Waals surface area contributed by atoms with Crippen LogP contribution in [0.1, 0.15) is 30.9 Å². The molecule has 2 aliphatic rings. The summed E-state index contributed by atoms with van der Waals surface area (Å²) in [5, 5.41) is 9.04. The van der Waals surface area contributed by atoms with E-state index in [4.69, 9.17) is 5.11 Å². The lowest BCUT2D eigenvalue weighted by atomic mass is 9.70. The van der Waals surface area contributed by atoms with Crippen LogP contribution >= 0.6 is 0 Å². The zero-order valence-corrected chi connectivity index (χ0v) is 10.5. The van der Waals surface area contributed by atoms with Crippen molar-refractivity contribution in [2.24, 2.45) is 0 Å². The van der Waals surface area contributed by atoms with Gasteiger partial charge < -0.3 is 10.0 Å². The first-order chi connectivity index (χ1) is 8.63. The van der Waals surface area contributed by atoms with E-state index in [-0.39, 0.29) is 5.41 Å². The third-order valence-corrected chi connectivity index (χ3v) is 4.49. The van der Waals surface area contributed by atoms with E-state index in [1.165, 1.54) is 21.6 Å². The van der Waals surface area contributed by atoms with E-state index in [1.807, 2.05) is 0 Å². The molecule has 3 nitrogen and oxygen atoms in total. The van der Waals surface area contributed by atoms with Gasteiger partial charge in [0.2, 0.25) is 0 Å². The molecule has 1 aliphatic carbocycles. The third-order valence-electron chi connectivity index (χ3n) is 4.49. The number of likely N-dealkylation sites (tertiary alicyclic amines) is 1. The average Bonchev–Trinajstić information content (AvgIpc) is 2.64. The first kappa shape index (κ1) is 11.3. The van der Waals surface area contributed by atoms with E-state index in [2.05, 4.69) is 37.3 Å². The number of carbonyl (C=O) groups is 1. The number of hydrogen-bond donors (Lipinski definition) is 1. The smallest absolute Gasteiger partial charge is 0.407 e. The quantitative estimate of drug-likeness (QED) is 0.760. The molecule has 1 heterocycles. The van der Waals surface area contributed by atoms with Gasteiger partial charge in [-0.2, -0.15) is 0 Å². The van der Waals surface area contributed by atoms with Gasteiger partial charge in [-0.15, -0.1) is 0 Å². The zero-order chi connectivity index (χ0) is 12.8. The molecule has 0 bridgehead atoms. The van der Waals surface area contributed by atoms with Crippen LogP contribution in [0.3, 0.4) is 0 Å². The van der Waals surface area contributed by atoms with E-state index < -0.39 is 6.09 Å². The first-order valence-corrected chi connectivity index (χ1v) is 6.40. The van der Waals surface area contributed by atoms with Gasteiger partial charge in [-0.05, 0) is 30.9 Å². The highest BCUT2D eigenvalue weighted by molar-refractivity contribution is 5.70. The van der Waals surface area contributed by atoms with Gasteiger partial charge in [-0.25, -0.2) is 4.79 Å². The molecule has 1 saturated heterocycles. The van der Waals surface area contributed by atoms with Crippen molar-refractivity contribution >= 4 is 12.2 Å². The molecule has 0 unspecified atom stereocenters. The topological polar surface area (TPSA) is 40.5 Å². The third kappa shape index (κ3) is 1.47. The van der Waals surface area contributed by atoms with Gasteiger partial charge in [0.15, 0.2) is 0 Å². The minimum Gasteiger partial charge on any atom is -0.465 e. The number of rotatable bonds is 0. The first-order valence-electron chi connectivity index (χ1n) is 6.40. The Morgan fingerprint density at radius 2 is 1.94 bits per heavy atom. The minimum atomic E-state index is -0.794. The number of hydrogen-bond acceptors (Lipinski definition) is 1. The Morgan fingerprint density at radius 1 is 1.28 bits per heavy atom. The van der Waals surface area contributed by atoms with Gasteiger partial charge in [0.1, 0.15) is 0 Å². The molecule has 1 aromatic carbocycles. The molecule has 3 rings (SSSR count). The molecule has 1 N–H and O–H groups in total. The van der Waals surface area contributed by atoms with Crippen LogP contribution in [-0.4, -0.2) is 29.2 Å². The fourth-order valence-electron chi connectivity index (χ4n) is 3.39. The van der Waals surface area contributed by atoms with Crippen molar-refractivity contribution in [2.45, 2.75) is 25.2 Å². The minimum absolute atomic E-state index is 0.0859. The molecule has 0 atom stereocenters. The highest BCUT2D eigenvalue weighted by Crippen LogP contribution is 2.48. The van der Waals surface area contributed by atoms with Crippen molar-refractivity contribution in [1.82, 2.24) is 4.90 Å². The number of amides is 1. The molecule has 0 saturated carbocycles. The van der Waals surface area contributed by atoms with Crippen LogP contribution in [0.25, 0.3) is 6.08 Å². The van der Waals surface area contributed by atoms with Crippen molar-refractivity contribution in [1.29, 1.82) is 0 Å². The van der Waals surface area contributed by atoms with E-state index in [9.17, 15) is 4.79 Å². The molecular weight excluding hydrogens is 226 g/mol. The normalized spacial score (nSPS) is 20.7. The number of fused-ring (bicyclic) bond motifs is 2. The van der Waals surface area contributed by atoms with Crippen LogP contribution in [-0.2, 0) is 5.41 Å². The maximum Gasteiger partial charge on any atom is 0.407 e. The second kappa shape index (κ2) is 3.87. The van der Waals surface area contributed by atoms with E-state index in [0.29, 0.717) is 13.1 Å². The molecule has 1 aliphatic heterocycles. The summed E-state index contributed by atoms with van der Waals surface area (Å²) in [6.45, 7) is 3.44. The molecular formula is C15H17NO2. The highest BCUT2D eigenvalue weighted by atomic mass is 16.4. The van der Waals surface area contributed by atoms with Crippen LogP contribution in [0.4, 0.5) is 4.79 Å². The van der Waals surface area contributed by atoms with Gasteiger partial charge >= 0.3 is 6.09 Å². The predicted octanol–water partition coefficient (Wildman–Crippen LogP) is 3.12. The maximum atomic E-state index is 11.0. The summed E-state index contributed by atoms with van der Waals surface area (Å²) in [6, 6.07) is 8.49. The molecule has 1 fully saturated rings. The number of benzene rings is 1. The predicted molar refractivity (Wildman–Crippen MR) is 70.6 cm³/mol. The summed E-state index contributed by atoms with van der Waals surface area (Å²) in [4.78, 5) is 12.5. The summed E-state index contributed by atoms with van der Waals surface area (Å²) in [7, 11) is 0. The Hall–Kier alpha value is -1.77. The SMILES string of the molecule is CC1=Cc2ccccc2C12CCN(C(=O)O)CC2. The van der Waals surface area contributed by atoms with Crippen LogP contribution in [0.5, 0.6) is 0 Å². The fraction of sp³-hybridized carbons (Fsp3) is 0.400. The second-order valence-electron chi connectivity index (χ2n) is 5.27. The van der Waals surface area contributed by atoms with Crippen LogP contribution in [0, 0.1) is 0 Å². The molecule has 18 heavy (non-hydrogen) atoms. The monoisotopic (exact) mass is 243 g/mol. The molecule has 3 heteroatoms. The molecule has 1 amide bonds. The van der Waals surface area contributed by atoms with Gasteiger partial charge in [0.25, 0.3) is 0 Å². The Kier molecular flexibility index (Phi) is 2.44. The number of piperidine rings is 1. The Bertz CT molecular complexity index is 525. The number of allylic oxidation sites excluding steroid dienone is 1. The summed E-state index contributed by atoms with van der Waals surface area (Å²) in [5.41, 5.74) is 4.16. The lowest BCUT2D eigenvalue weighted by molar-refractivity contribution is 0.123. The summed E-state index contributed by atoms with van der Waals surface area (Å²) in [6.07, 6.45) is 3.26. The van der Waals surface area contributed by atoms with Crippen LogP contribution < -0.4 is 0 Å². The largest absolute Gasteiger partial charge is 0.465 e. The van der Waals surface area contributed by atoms with Gasteiger partial charge in [0.05, 0.1) is 0 Å². The number of nitrogens with zero attached hydrogens (tertiary/aromatic N) is 1. The zero-order valence-electron chi connectivity index (χ0n) is 10.5. The fourth-order valence-corrected chi connectivity index (χ4v) is 3.39. The molecule has 94 valence electrons. The van der Waals surface area contributed by atoms with Gasteiger partial charge in [0, 0.05) is 18.5 Å². The lowest BCUT2D eigenvalue weighted by Crippen LogP contribution is -2.44. The summed E-state index contributed by atoms with van der Waals surface area (Å²) < 4.78 is 0. The van der Waals surface area contributed by atoms with E-state index >= 15 is 0 Å². The van der Waals surface area contributed by atoms with Crippen LogP contribution in [0.15, 0.2) is 29.8 Å². The van der Waals surface area contributed by atoms with E-state index in [0.717, 1.165) is 12.8 Å². The molecule has 1 aromatic rings. The van der Waals surface area contributed by atoms with Crippen molar-refractivity contribution in [2.75, 3.05) is 13.1 Å². The molecule has 0 radical (unpaired) electrons. The highest BCUT2D eigenvalue weighted by Gasteiger charge is 2.42. The Morgan fingerprint density at radius 3 is 2.61 bits per heavy atom. The standard InChI is InChI=1S/C15H17NO2/c1-11-10-12-4-2-3-5-13(12)15(11)6-8-16(9-7-15)14(17)18/h2-5,10H,6-9H2,1H3,(H,17,18). The Balaban J connectivity index is 1.94. The van der Waals surface area contributed by atoms with Crippen molar-refractivity contribution in [3.8, 4) is 0 Å². The second-order valence-corrected chi connectivity index (χ2v) is 5.27. The van der Waals surface area contributed by atoms with Crippen molar-refractivity contribution in [3.63, 3.8) is 0 Å². The van der Waals surface area contributed by atoms with Crippen molar-refractivity contribution < 1.29 is 9.90 Å². The van der Waals surface area contributed by atoms with Gasteiger partial charge in [-0.1, -0.05) is 35.9 Å². The summed E-state index contributed by atoms with van der Waals surface area (Å²) in [5.74, 6) is 0. The van der Waals surface area contributed by atoms with Crippen LogP contribution in [0.2, 0.25) is 0 Å². The summed E-state index contributed by atoms with van der Waals surface area (Å²) >= 11 is 0.